The van der Waals surface area contributed by atoms with Crippen LogP contribution in [0, 0.1) is 0 Å². The number of rotatable bonds is 8. The van der Waals surface area contributed by atoms with Crippen molar-refractivity contribution in [2.45, 2.75) is 19.0 Å². The Morgan fingerprint density at radius 3 is 2.20 bits per heavy atom. The number of esters is 1. The van der Waals surface area contributed by atoms with Crippen molar-refractivity contribution in [3.63, 3.8) is 0 Å². The van der Waals surface area contributed by atoms with Gasteiger partial charge in [-0.1, -0.05) is 11.6 Å². The van der Waals surface area contributed by atoms with Crippen molar-refractivity contribution < 1.29 is 32.3 Å². The highest BCUT2D eigenvalue weighted by atomic mass is 35.5. The van der Waals surface area contributed by atoms with E-state index in [1.807, 2.05) is 0 Å². The minimum Gasteiger partial charge on any atom is -0.456 e. The molecule has 0 saturated carbocycles. The Kier molecular flexibility index (Phi) is 8.23. The molecule has 0 bridgehead atoms. The average Bonchev–Trinajstić information content (AvgIpc) is 2.70. The third kappa shape index (κ3) is 7.75. The van der Waals surface area contributed by atoms with Crippen molar-refractivity contribution >= 4 is 35.1 Å². The van der Waals surface area contributed by atoms with Crippen LogP contribution in [0.4, 0.5) is 18.9 Å². The van der Waals surface area contributed by atoms with E-state index in [1.165, 1.54) is 0 Å². The van der Waals surface area contributed by atoms with E-state index in [2.05, 4.69) is 10.6 Å². The van der Waals surface area contributed by atoms with Gasteiger partial charge in [-0.3, -0.25) is 14.4 Å². The molecule has 2 aromatic carbocycles. The summed E-state index contributed by atoms with van der Waals surface area (Å²) in [7, 11) is 0. The number of hydrogen-bond acceptors (Lipinski definition) is 4. The molecule has 0 aromatic heterocycles. The number of carbonyl (C=O) groups is 3. The van der Waals surface area contributed by atoms with Crippen LogP contribution < -0.4 is 10.6 Å². The van der Waals surface area contributed by atoms with Crippen LogP contribution in [0.25, 0.3) is 0 Å². The van der Waals surface area contributed by atoms with Crippen LogP contribution in [0.15, 0.2) is 48.5 Å². The van der Waals surface area contributed by atoms with Gasteiger partial charge in [0, 0.05) is 29.2 Å². The molecular weight excluding hydrogens is 425 g/mol. The second-order valence-electron chi connectivity index (χ2n) is 6.15. The van der Waals surface area contributed by atoms with Crippen molar-refractivity contribution in [2.75, 3.05) is 18.5 Å². The third-order valence-electron chi connectivity index (χ3n) is 3.81. The number of hydrogen-bond donors (Lipinski definition) is 2. The summed E-state index contributed by atoms with van der Waals surface area (Å²) in [5.74, 6) is -1.63. The fourth-order valence-corrected chi connectivity index (χ4v) is 2.42. The van der Waals surface area contributed by atoms with Crippen LogP contribution in [0.3, 0.4) is 0 Å². The Hall–Kier alpha value is -3.07. The Labute approximate surface area is 175 Å². The van der Waals surface area contributed by atoms with E-state index >= 15 is 0 Å². The quantitative estimate of drug-likeness (QED) is 0.477. The minimum absolute atomic E-state index is 0.0194. The molecule has 2 amide bonds. The highest BCUT2D eigenvalue weighted by molar-refractivity contribution is 6.30. The van der Waals surface area contributed by atoms with Crippen molar-refractivity contribution in [2.24, 2.45) is 0 Å². The second kappa shape index (κ2) is 10.6. The van der Waals surface area contributed by atoms with Gasteiger partial charge >= 0.3 is 12.1 Å². The van der Waals surface area contributed by atoms with Gasteiger partial charge in [0.1, 0.15) is 0 Å². The lowest BCUT2D eigenvalue weighted by Crippen LogP contribution is -2.25. The summed E-state index contributed by atoms with van der Waals surface area (Å²) in [6, 6.07) is 10.2. The summed E-state index contributed by atoms with van der Waals surface area (Å²) in [5, 5.41) is 5.48. The summed E-state index contributed by atoms with van der Waals surface area (Å²) >= 11 is 5.75. The van der Waals surface area contributed by atoms with E-state index in [-0.39, 0.29) is 24.6 Å². The van der Waals surface area contributed by atoms with Gasteiger partial charge in [-0.2, -0.15) is 13.2 Å². The summed E-state index contributed by atoms with van der Waals surface area (Å²) in [6.07, 6.45) is -4.18. The minimum atomic E-state index is -4.47. The van der Waals surface area contributed by atoms with Crippen molar-refractivity contribution in [1.82, 2.24) is 5.32 Å². The maximum Gasteiger partial charge on any atom is 0.416 e. The predicted molar refractivity (Wildman–Crippen MR) is 104 cm³/mol. The Bertz CT molecular complexity index is 884. The molecule has 0 radical (unpaired) electrons. The largest absolute Gasteiger partial charge is 0.456 e. The normalized spacial score (nSPS) is 10.9. The second-order valence-corrected chi connectivity index (χ2v) is 6.59. The van der Waals surface area contributed by atoms with Crippen LogP contribution in [-0.4, -0.2) is 30.9 Å². The predicted octanol–water partition coefficient (Wildman–Crippen LogP) is 4.05. The average molecular weight is 443 g/mol. The van der Waals surface area contributed by atoms with E-state index < -0.39 is 30.2 Å². The van der Waals surface area contributed by atoms with Gasteiger partial charge in [-0.05, 0) is 55.0 Å². The van der Waals surface area contributed by atoms with E-state index in [4.69, 9.17) is 16.3 Å². The van der Waals surface area contributed by atoms with E-state index in [9.17, 15) is 27.6 Å². The number of halogens is 4. The van der Waals surface area contributed by atoms with E-state index in [0.29, 0.717) is 17.0 Å². The zero-order valence-electron chi connectivity index (χ0n) is 15.6. The maximum atomic E-state index is 12.5. The summed E-state index contributed by atoms with van der Waals surface area (Å²) in [5.41, 5.74) is -0.258. The van der Waals surface area contributed by atoms with E-state index in [1.54, 1.807) is 24.3 Å². The zero-order valence-corrected chi connectivity index (χ0v) is 16.3. The molecule has 0 unspecified atom stereocenters. The third-order valence-corrected chi connectivity index (χ3v) is 4.06. The first kappa shape index (κ1) is 23.2. The lowest BCUT2D eigenvalue weighted by molar-refractivity contribution is -0.147. The van der Waals surface area contributed by atoms with Gasteiger partial charge in [-0.25, -0.2) is 0 Å². The molecule has 2 N–H and O–H groups in total. The first-order chi connectivity index (χ1) is 14.1. The number of benzene rings is 2. The van der Waals surface area contributed by atoms with Crippen molar-refractivity contribution in [1.29, 1.82) is 0 Å². The van der Waals surface area contributed by atoms with Crippen LogP contribution in [0.5, 0.6) is 0 Å². The van der Waals surface area contributed by atoms with Gasteiger partial charge in [0.2, 0.25) is 0 Å². The highest BCUT2D eigenvalue weighted by Gasteiger charge is 2.30. The Morgan fingerprint density at radius 2 is 1.60 bits per heavy atom. The van der Waals surface area contributed by atoms with Gasteiger partial charge in [0.25, 0.3) is 11.8 Å². The number of ether oxygens (including phenoxy) is 1. The summed E-state index contributed by atoms with van der Waals surface area (Å²) < 4.78 is 42.3. The van der Waals surface area contributed by atoms with Crippen LogP contribution in [-0.2, 0) is 20.5 Å². The van der Waals surface area contributed by atoms with Crippen molar-refractivity contribution in [3.8, 4) is 0 Å². The molecule has 160 valence electrons. The molecule has 30 heavy (non-hydrogen) atoms. The van der Waals surface area contributed by atoms with E-state index in [0.717, 1.165) is 24.3 Å². The molecule has 10 heteroatoms. The van der Waals surface area contributed by atoms with Gasteiger partial charge in [0.05, 0.1) is 5.56 Å². The first-order valence-corrected chi connectivity index (χ1v) is 9.19. The number of carbonyl (C=O) groups excluding carboxylic acids is 3. The smallest absolute Gasteiger partial charge is 0.416 e. The molecule has 0 heterocycles. The standard InChI is InChI=1S/C20H18ClF3N2O4/c21-15-7-3-13(4-8-15)19(29)25-11-1-2-18(28)30-12-17(27)26-16-9-5-14(6-10-16)20(22,23)24/h3-10H,1-2,11-12H2,(H,25,29)(H,26,27). The highest BCUT2D eigenvalue weighted by Crippen LogP contribution is 2.29. The lowest BCUT2D eigenvalue weighted by Gasteiger charge is -2.09. The van der Waals surface area contributed by atoms with Gasteiger partial charge < -0.3 is 15.4 Å². The molecule has 0 aliphatic rings. The molecule has 0 spiro atoms. The topological polar surface area (TPSA) is 84.5 Å². The molecule has 0 atom stereocenters. The molecule has 6 nitrogen and oxygen atoms in total. The van der Waals surface area contributed by atoms with Crippen LogP contribution >= 0.6 is 11.6 Å². The number of nitrogens with one attached hydrogen (secondary N) is 2. The van der Waals surface area contributed by atoms with Crippen molar-refractivity contribution in [3.05, 3.63) is 64.7 Å². The zero-order chi connectivity index (χ0) is 22.1. The molecule has 2 rings (SSSR count). The summed E-state index contributed by atoms with van der Waals surface area (Å²) in [6.45, 7) is -0.342. The maximum absolute atomic E-state index is 12.5. The SMILES string of the molecule is O=C(COC(=O)CCCNC(=O)c1ccc(Cl)cc1)Nc1ccc(C(F)(F)F)cc1. The summed E-state index contributed by atoms with van der Waals surface area (Å²) in [4.78, 5) is 35.3. The number of anilines is 1. The number of amides is 2. The Morgan fingerprint density at radius 1 is 0.967 bits per heavy atom. The molecule has 0 fully saturated rings. The first-order valence-electron chi connectivity index (χ1n) is 8.81. The fourth-order valence-electron chi connectivity index (χ4n) is 2.30. The van der Waals surface area contributed by atoms with Gasteiger partial charge in [-0.15, -0.1) is 0 Å². The van der Waals surface area contributed by atoms with Crippen LogP contribution in [0.1, 0.15) is 28.8 Å². The number of alkyl halides is 3. The molecule has 0 aliphatic heterocycles. The Balaban J connectivity index is 1.63. The molecular formula is C20H18ClF3N2O4. The fraction of sp³-hybridized carbons (Fsp3) is 0.250. The monoisotopic (exact) mass is 442 g/mol. The lowest BCUT2D eigenvalue weighted by atomic mass is 10.2. The molecule has 0 aliphatic carbocycles. The molecule has 2 aromatic rings. The van der Waals surface area contributed by atoms with Crippen LogP contribution in [0.2, 0.25) is 5.02 Å². The van der Waals surface area contributed by atoms with Gasteiger partial charge in [0.15, 0.2) is 6.61 Å². The molecule has 0 saturated heterocycles.